The number of alkyl carbamates (subject to hydrolysis) is 1. The zero-order valence-corrected chi connectivity index (χ0v) is 21.3. The van der Waals surface area contributed by atoms with Gasteiger partial charge in [0.05, 0.1) is 17.7 Å². The van der Waals surface area contributed by atoms with Crippen LogP contribution in [0.2, 0.25) is 18.1 Å². The van der Waals surface area contributed by atoms with Crippen LogP contribution in [0.1, 0.15) is 58.8 Å². The summed E-state index contributed by atoms with van der Waals surface area (Å²) in [6.07, 6.45) is -4.17. The van der Waals surface area contributed by atoms with Crippen molar-refractivity contribution in [3.8, 4) is 0 Å². The van der Waals surface area contributed by atoms with E-state index in [1.165, 1.54) is 18.2 Å². The third-order valence-electron chi connectivity index (χ3n) is 5.25. The summed E-state index contributed by atoms with van der Waals surface area (Å²) < 4.78 is 51.0. The number of ether oxygens (including phenoxy) is 1. The van der Waals surface area contributed by atoms with Gasteiger partial charge in [0.2, 0.25) is 0 Å². The van der Waals surface area contributed by atoms with Crippen LogP contribution in [0.25, 0.3) is 0 Å². The molecule has 0 heterocycles. The Kier molecular flexibility index (Phi) is 8.95. The van der Waals surface area contributed by atoms with Crippen molar-refractivity contribution in [3.63, 3.8) is 0 Å². The zero-order valence-electron chi connectivity index (χ0n) is 20.3. The highest BCUT2D eigenvalue weighted by Crippen LogP contribution is 2.41. The Balaban J connectivity index is 3.51. The molecule has 0 bridgehead atoms. The molecular formula is C23H34F3NO5Si. The van der Waals surface area contributed by atoms with E-state index in [1.54, 1.807) is 20.8 Å². The maximum absolute atomic E-state index is 13.1. The van der Waals surface area contributed by atoms with Crippen molar-refractivity contribution in [2.24, 2.45) is 0 Å². The number of hydrogen-bond donors (Lipinski definition) is 2. The third kappa shape index (κ3) is 9.21. The van der Waals surface area contributed by atoms with Gasteiger partial charge in [-0.15, -0.1) is 0 Å². The zero-order chi connectivity index (χ0) is 25.8. The number of carboxylic acid groups (broad SMARTS) is 1. The number of carbonyl (C=O) groups is 2. The molecule has 0 aromatic heterocycles. The second-order valence-corrected chi connectivity index (χ2v) is 15.0. The molecule has 0 aliphatic rings. The van der Waals surface area contributed by atoms with Crippen LogP contribution in [0.15, 0.2) is 36.4 Å². The average Bonchev–Trinajstić information content (AvgIpc) is 2.60. The van der Waals surface area contributed by atoms with Gasteiger partial charge in [-0.1, -0.05) is 39.0 Å². The van der Waals surface area contributed by atoms with Gasteiger partial charge >= 0.3 is 18.2 Å². The Morgan fingerprint density at radius 3 is 1.94 bits per heavy atom. The molecule has 0 radical (unpaired) electrons. The molecule has 0 saturated carbocycles. The molecule has 33 heavy (non-hydrogen) atoms. The van der Waals surface area contributed by atoms with Crippen LogP contribution in [0.3, 0.4) is 0 Å². The van der Waals surface area contributed by atoms with Gasteiger partial charge in [0.1, 0.15) is 5.60 Å². The Morgan fingerprint density at radius 2 is 1.55 bits per heavy atom. The minimum Gasteiger partial charge on any atom is -0.478 e. The highest BCUT2D eigenvalue weighted by molar-refractivity contribution is 6.74. The van der Waals surface area contributed by atoms with Crippen molar-refractivity contribution in [2.45, 2.75) is 83.6 Å². The summed E-state index contributed by atoms with van der Waals surface area (Å²) in [5.41, 5.74) is -1.27. The molecule has 2 N–H and O–H groups in total. The number of nitrogens with one attached hydrogen (secondary N) is 1. The van der Waals surface area contributed by atoms with Gasteiger partial charge in [0.15, 0.2) is 8.32 Å². The van der Waals surface area contributed by atoms with Crippen molar-refractivity contribution in [1.29, 1.82) is 0 Å². The molecule has 0 aliphatic carbocycles. The third-order valence-corrected chi connectivity index (χ3v) is 9.71. The SMILES string of the molecule is CC(C)(C)OC(=O)NC(/C=C/C(=O)O)C(O[Si](C)(C)C(C)(C)C)c1ccc(C(F)(F)F)cc1. The molecule has 10 heteroatoms. The smallest absolute Gasteiger partial charge is 0.416 e. The summed E-state index contributed by atoms with van der Waals surface area (Å²) in [6.45, 7) is 14.9. The van der Waals surface area contributed by atoms with E-state index in [1.807, 2.05) is 33.9 Å². The number of rotatable bonds is 7. The van der Waals surface area contributed by atoms with Gasteiger partial charge in [-0.05, 0) is 56.6 Å². The molecule has 0 fully saturated rings. The summed E-state index contributed by atoms with van der Waals surface area (Å²) >= 11 is 0. The molecule has 2 unspecified atom stereocenters. The van der Waals surface area contributed by atoms with Crippen LogP contribution >= 0.6 is 0 Å². The summed E-state index contributed by atoms with van der Waals surface area (Å²) in [5.74, 6) is -1.25. The first-order chi connectivity index (χ1) is 14.7. The molecule has 1 aromatic rings. The van der Waals surface area contributed by atoms with Gasteiger partial charge in [0, 0.05) is 6.08 Å². The van der Waals surface area contributed by atoms with Crippen LogP contribution in [0, 0.1) is 0 Å². The second-order valence-electron chi connectivity index (χ2n) is 10.3. The van der Waals surface area contributed by atoms with Gasteiger partial charge < -0.3 is 19.6 Å². The second kappa shape index (κ2) is 10.3. The first-order valence-electron chi connectivity index (χ1n) is 10.5. The van der Waals surface area contributed by atoms with Crippen molar-refractivity contribution >= 4 is 20.4 Å². The van der Waals surface area contributed by atoms with Crippen molar-refractivity contribution in [1.82, 2.24) is 5.32 Å². The van der Waals surface area contributed by atoms with Crippen molar-refractivity contribution in [2.75, 3.05) is 0 Å². The minimum absolute atomic E-state index is 0.260. The van der Waals surface area contributed by atoms with E-state index < -0.39 is 49.9 Å². The molecule has 186 valence electrons. The lowest BCUT2D eigenvalue weighted by atomic mass is 10.0. The number of carbonyl (C=O) groups excluding carboxylic acids is 1. The standard InChI is InChI=1S/C23H34F3NO5Si/c1-21(2,3)31-20(30)27-17(13-14-18(28)29)19(32-33(7,8)22(4,5)6)15-9-11-16(12-10-15)23(24,25)26/h9-14,17,19H,1-8H3,(H,27,30)(H,28,29)/b14-13+. The van der Waals surface area contributed by atoms with Crippen LogP contribution in [0.5, 0.6) is 0 Å². The van der Waals surface area contributed by atoms with Gasteiger partial charge in [-0.2, -0.15) is 13.2 Å². The summed E-state index contributed by atoms with van der Waals surface area (Å²) in [4.78, 5) is 23.7. The molecule has 0 saturated heterocycles. The first-order valence-corrected chi connectivity index (χ1v) is 13.4. The van der Waals surface area contributed by atoms with Gasteiger partial charge in [-0.25, -0.2) is 9.59 Å². The fourth-order valence-electron chi connectivity index (χ4n) is 2.56. The van der Waals surface area contributed by atoms with Crippen molar-refractivity contribution < 1.29 is 37.0 Å². The maximum atomic E-state index is 13.1. The van der Waals surface area contributed by atoms with Crippen molar-refractivity contribution in [3.05, 3.63) is 47.5 Å². The fraction of sp³-hybridized carbons (Fsp3) is 0.565. The molecule has 1 amide bonds. The van der Waals surface area contributed by atoms with E-state index in [0.29, 0.717) is 5.56 Å². The number of benzene rings is 1. The maximum Gasteiger partial charge on any atom is 0.416 e. The largest absolute Gasteiger partial charge is 0.478 e. The van der Waals surface area contributed by atoms with Gasteiger partial charge in [0.25, 0.3) is 0 Å². The normalized spacial score (nSPS) is 15.2. The minimum atomic E-state index is -4.51. The highest BCUT2D eigenvalue weighted by Gasteiger charge is 2.41. The van der Waals surface area contributed by atoms with Gasteiger partial charge in [-0.3, -0.25) is 0 Å². The Morgan fingerprint density at radius 1 is 1.03 bits per heavy atom. The molecule has 0 aliphatic heterocycles. The number of carboxylic acids is 1. The highest BCUT2D eigenvalue weighted by atomic mass is 28.4. The Hall–Kier alpha value is -2.33. The predicted octanol–water partition coefficient (Wildman–Crippen LogP) is 6.30. The molecule has 2 atom stereocenters. The Labute approximate surface area is 194 Å². The monoisotopic (exact) mass is 489 g/mol. The molecule has 1 rings (SSSR count). The van der Waals surface area contributed by atoms with E-state index in [2.05, 4.69) is 5.32 Å². The molecule has 1 aromatic carbocycles. The van der Waals surface area contributed by atoms with Crippen LogP contribution in [-0.2, 0) is 20.1 Å². The van der Waals surface area contributed by atoms with E-state index in [9.17, 15) is 22.8 Å². The number of halogens is 3. The lowest BCUT2D eigenvalue weighted by molar-refractivity contribution is -0.137. The summed E-state index contributed by atoms with van der Waals surface area (Å²) in [7, 11) is -2.51. The molecule has 6 nitrogen and oxygen atoms in total. The van der Waals surface area contributed by atoms with E-state index in [0.717, 1.165) is 18.2 Å². The summed E-state index contributed by atoms with van der Waals surface area (Å²) in [5, 5.41) is 11.5. The average molecular weight is 490 g/mol. The topological polar surface area (TPSA) is 84.9 Å². The molecule has 0 spiro atoms. The molecular weight excluding hydrogens is 455 g/mol. The van der Waals surface area contributed by atoms with Crippen LogP contribution in [0.4, 0.5) is 18.0 Å². The lowest BCUT2D eigenvalue weighted by Gasteiger charge is -2.41. The first kappa shape index (κ1) is 28.7. The number of hydrogen-bond acceptors (Lipinski definition) is 4. The number of amides is 1. The van der Waals surface area contributed by atoms with E-state index >= 15 is 0 Å². The fourth-order valence-corrected chi connectivity index (χ4v) is 3.83. The van der Waals surface area contributed by atoms with E-state index in [-0.39, 0.29) is 5.04 Å². The lowest BCUT2D eigenvalue weighted by Crippen LogP contribution is -2.48. The van der Waals surface area contributed by atoms with Crippen LogP contribution in [-0.4, -0.2) is 37.1 Å². The number of aliphatic carboxylic acids is 1. The Bertz CT molecular complexity index is 853. The number of alkyl halides is 3. The summed E-state index contributed by atoms with van der Waals surface area (Å²) in [6, 6.07) is 3.41. The van der Waals surface area contributed by atoms with E-state index in [4.69, 9.17) is 14.3 Å². The van der Waals surface area contributed by atoms with Crippen LogP contribution < -0.4 is 5.32 Å². The predicted molar refractivity (Wildman–Crippen MR) is 122 cm³/mol. The quantitative estimate of drug-likeness (QED) is 0.347.